The van der Waals surface area contributed by atoms with Crippen LogP contribution in [-0.4, -0.2) is 4.57 Å². The molecule has 9 aromatic rings. The normalized spacial score (nSPS) is 12.0. The number of nitrogens with zero attached hydrogens (tertiary/aromatic N) is 2. The number of allylic oxidation sites excluding steroid dienone is 4. The van der Waals surface area contributed by atoms with Crippen LogP contribution in [0.3, 0.4) is 0 Å². The summed E-state index contributed by atoms with van der Waals surface area (Å²) in [5.74, 6) is 0. The Hall–Kier alpha value is -6.84. The fourth-order valence-corrected chi connectivity index (χ4v) is 7.35. The van der Waals surface area contributed by atoms with Crippen molar-refractivity contribution in [2.45, 2.75) is 6.42 Å². The number of aromatic nitrogens is 1. The first-order chi connectivity index (χ1) is 25.7. The van der Waals surface area contributed by atoms with Gasteiger partial charge in [0.2, 0.25) is 0 Å². The van der Waals surface area contributed by atoms with E-state index < -0.39 is 0 Å². The first kappa shape index (κ1) is 31.2. The average molecular weight is 669 g/mol. The Morgan fingerprint density at radius 2 is 1.19 bits per heavy atom. The van der Waals surface area contributed by atoms with E-state index in [4.69, 9.17) is 4.42 Å². The summed E-state index contributed by atoms with van der Waals surface area (Å²) in [7, 11) is 0. The van der Waals surface area contributed by atoms with E-state index >= 15 is 0 Å². The number of benzene rings is 7. The Morgan fingerprint density at radius 3 is 1.94 bits per heavy atom. The van der Waals surface area contributed by atoms with E-state index in [1.54, 1.807) is 0 Å². The third-order valence-corrected chi connectivity index (χ3v) is 9.80. The summed E-state index contributed by atoms with van der Waals surface area (Å²) in [6.07, 6.45) is 9.17. The predicted octanol–water partition coefficient (Wildman–Crippen LogP) is 13.4. The van der Waals surface area contributed by atoms with Crippen LogP contribution in [0.1, 0.15) is 5.56 Å². The zero-order valence-electron chi connectivity index (χ0n) is 28.7. The second-order valence-corrected chi connectivity index (χ2v) is 13.0. The first-order valence-electron chi connectivity index (χ1n) is 17.7. The topological polar surface area (TPSA) is 21.3 Å². The molecule has 7 aromatic carbocycles. The summed E-state index contributed by atoms with van der Waals surface area (Å²) in [4.78, 5) is 2.28. The van der Waals surface area contributed by atoms with Crippen molar-refractivity contribution in [3.8, 4) is 16.8 Å². The summed E-state index contributed by atoms with van der Waals surface area (Å²) in [6.45, 7) is 4.03. The quantitative estimate of drug-likeness (QED) is 0.143. The third kappa shape index (κ3) is 5.69. The lowest BCUT2D eigenvalue weighted by Crippen LogP contribution is -2.15. The average Bonchev–Trinajstić information content (AvgIpc) is 3.73. The van der Waals surface area contributed by atoms with E-state index in [1.807, 2.05) is 18.2 Å². The Labute approximate surface area is 303 Å². The van der Waals surface area contributed by atoms with Crippen molar-refractivity contribution in [2.24, 2.45) is 0 Å². The second kappa shape index (κ2) is 13.5. The highest BCUT2D eigenvalue weighted by atomic mass is 16.3. The van der Waals surface area contributed by atoms with Crippen LogP contribution < -0.4 is 4.90 Å². The molecule has 0 saturated heterocycles. The number of hydrogen-bond acceptors (Lipinski definition) is 2. The minimum absolute atomic E-state index is 0.853. The maximum atomic E-state index is 6.27. The van der Waals surface area contributed by atoms with Crippen LogP contribution in [0.15, 0.2) is 211 Å². The van der Waals surface area contributed by atoms with E-state index in [2.05, 4.69) is 192 Å². The molecular formula is C49H36N2O. The fraction of sp³-hybridized carbons (Fsp3) is 0.0204. The van der Waals surface area contributed by atoms with E-state index in [1.165, 1.54) is 27.4 Å². The molecule has 3 nitrogen and oxygen atoms in total. The van der Waals surface area contributed by atoms with Gasteiger partial charge in [-0.1, -0.05) is 128 Å². The lowest BCUT2D eigenvalue weighted by atomic mass is 10.0. The van der Waals surface area contributed by atoms with Gasteiger partial charge in [-0.25, -0.2) is 0 Å². The Balaban J connectivity index is 1.06. The van der Waals surface area contributed by atoms with Crippen molar-refractivity contribution in [3.63, 3.8) is 0 Å². The molecule has 248 valence electrons. The van der Waals surface area contributed by atoms with Gasteiger partial charge in [0.1, 0.15) is 11.2 Å². The highest BCUT2D eigenvalue weighted by molar-refractivity contribution is 6.17. The number of para-hydroxylation sites is 3. The van der Waals surface area contributed by atoms with E-state index in [0.29, 0.717) is 0 Å². The zero-order chi connectivity index (χ0) is 34.9. The molecule has 52 heavy (non-hydrogen) atoms. The van der Waals surface area contributed by atoms with Gasteiger partial charge in [-0.15, -0.1) is 0 Å². The van der Waals surface area contributed by atoms with Crippen molar-refractivity contribution >= 4 is 55.1 Å². The molecule has 0 atom stereocenters. The van der Waals surface area contributed by atoms with Gasteiger partial charge in [-0.2, -0.15) is 0 Å². The van der Waals surface area contributed by atoms with Crippen LogP contribution >= 0.6 is 0 Å². The van der Waals surface area contributed by atoms with Gasteiger partial charge in [0.25, 0.3) is 0 Å². The van der Waals surface area contributed by atoms with Crippen LogP contribution in [0.25, 0.3) is 60.6 Å². The van der Waals surface area contributed by atoms with Crippen molar-refractivity contribution in [3.05, 3.63) is 212 Å². The number of rotatable bonds is 9. The molecule has 0 aliphatic heterocycles. The highest BCUT2D eigenvalue weighted by Gasteiger charge is 2.17. The molecule has 0 aliphatic carbocycles. The first-order valence-corrected chi connectivity index (χ1v) is 17.7. The van der Waals surface area contributed by atoms with Crippen LogP contribution in [0, 0.1) is 0 Å². The molecule has 2 aromatic heterocycles. The molecule has 0 aliphatic rings. The minimum Gasteiger partial charge on any atom is -0.456 e. The molecule has 0 N–H and O–H groups in total. The minimum atomic E-state index is 0.853. The molecule has 0 unspecified atom stereocenters. The smallest absolute Gasteiger partial charge is 0.136 e. The fourth-order valence-electron chi connectivity index (χ4n) is 7.35. The molecule has 0 saturated carbocycles. The maximum Gasteiger partial charge on any atom is 0.136 e. The summed E-state index contributed by atoms with van der Waals surface area (Å²) in [6, 6.07) is 60.1. The standard InChI is InChI=1S/C49H36N2O/c1-2-14-38(20-13-17-35-15-5-3-6-16-35)50(39-18-7-4-8-19-39)40-29-25-36(26-30-40)37-27-31-41(32-28-37)51-46-23-11-9-21-42(46)44-34-49-45(33-47(44)51)43-22-10-12-24-48(43)52-49/h2-16,18-34H,1,17H2. The van der Waals surface area contributed by atoms with E-state index in [9.17, 15) is 0 Å². The number of fused-ring (bicyclic) bond motifs is 6. The van der Waals surface area contributed by atoms with Crippen molar-refractivity contribution in [1.29, 1.82) is 0 Å². The zero-order valence-corrected chi connectivity index (χ0v) is 28.7. The molecule has 0 spiro atoms. The summed E-state index contributed by atoms with van der Waals surface area (Å²) < 4.78 is 8.64. The number of anilines is 2. The SMILES string of the molecule is C=CC=C(C=CCc1ccccc1)N(c1ccccc1)c1ccc(-c2ccc(-n3c4ccccc4c4cc5oc6ccccc6c5cc43)cc2)cc1. The molecule has 3 heteroatoms. The number of furan rings is 1. The predicted molar refractivity (Wildman–Crippen MR) is 220 cm³/mol. The van der Waals surface area contributed by atoms with Crippen molar-refractivity contribution in [2.75, 3.05) is 4.90 Å². The summed E-state index contributed by atoms with van der Waals surface area (Å²) in [5.41, 5.74) is 12.1. The third-order valence-electron chi connectivity index (χ3n) is 9.80. The Bertz CT molecular complexity index is 2750. The van der Waals surface area contributed by atoms with Crippen LogP contribution in [-0.2, 0) is 6.42 Å². The molecule has 0 bridgehead atoms. The second-order valence-electron chi connectivity index (χ2n) is 13.0. The van der Waals surface area contributed by atoms with Gasteiger partial charge in [0, 0.05) is 44.3 Å². The van der Waals surface area contributed by atoms with Gasteiger partial charge in [-0.05, 0) is 95.9 Å². The van der Waals surface area contributed by atoms with Gasteiger partial charge in [0.05, 0.1) is 11.0 Å². The van der Waals surface area contributed by atoms with Crippen LogP contribution in [0.2, 0.25) is 0 Å². The molecule has 0 amide bonds. The lowest BCUT2D eigenvalue weighted by Gasteiger charge is -2.26. The van der Waals surface area contributed by atoms with Crippen LogP contribution in [0.4, 0.5) is 11.4 Å². The summed E-state index contributed by atoms with van der Waals surface area (Å²) >= 11 is 0. The monoisotopic (exact) mass is 668 g/mol. The number of hydrogen-bond donors (Lipinski definition) is 0. The van der Waals surface area contributed by atoms with Crippen molar-refractivity contribution < 1.29 is 4.42 Å². The van der Waals surface area contributed by atoms with Gasteiger partial charge in [0.15, 0.2) is 0 Å². The largest absolute Gasteiger partial charge is 0.456 e. The van der Waals surface area contributed by atoms with Crippen molar-refractivity contribution in [1.82, 2.24) is 4.57 Å². The Kier molecular flexibility index (Phi) is 8.07. The van der Waals surface area contributed by atoms with E-state index in [0.717, 1.165) is 62.2 Å². The Morgan fingerprint density at radius 1 is 0.558 bits per heavy atom. The molecule has 9 rings (SSSR count). The van der Waals surface area contributed by atoms with Gasteiger partial charge < -0.3 is 13.9 Å². The molecule has 2 heterocycles. The molecular weight excluding hydrogens is 633 g/mol. The van der Waals surface area contributed by atoms with Gasteiger partial charge in [-0.3, -0.25) is 0 Å². The molecule has 0 radical (unpaired) electrons. The van der Waals surface area contributed by atoms with Gasteiger partial charge >= 0.3 is 0 Å². The summed E-state index contributed by atoms with van der Waals surface area (Å²) in [5, 5.41) is 4.66. The van der Waals surface area contributed by atoms with Crippen LogP contribution in [0.5, 0.6) is 0 Å². The maximum absolute atomic E-state index is 6.27. The highest BCUT2D eigenvalue weighted by Crippen LogP contribution is 2.39. The lowest BCUT2D eigenvalue weighted by molar-refractivity contribution is 0.669. The molecule has 0 fully saturated rings. The van der Waals surface area contributed by atoms with E-state index in [-0.39, 0.29) is 0 Å².